The molecule has 0 aliphatic rings. The van der Waals surface area contributed by atoms with Crippen molar-refractivity contribution in [2.45, 2.75) is 51.2 Å². The molecule has 0 heterocycles. The Morgan fingerprint density at radius 1 is 0.935 bits per heavy atom. The number of hydrogen-bond acceptors (Lipinski definition) is 5. The van der Waals surface area contributed by atoms with Gasteiger partial charge in [0.1, 0.15) is 12.1 Å². The zero-order valence-corrected chi connectivity index (χ0v) is 17.9. The molecule has 0 saturated heterocycles. The van der Waals surface area contributed by atoms with Gasteiger partial charge in [-0.1, -0.05) is 60.7 Å². The van der Waals surface area contributed by atoms with Crippen LogP contribution >= 0.6 is 0 Å². The van der Waals surface area contributed by atoms with E-state index < -0.39 is 36.0 Å². The number of carbonyl (C=O) groups is 3. The number of carbonyl (C=O) groups excluding carboxylic acids is 2. The van der Waals surface area contributed by atoms with Gasteiger partial charge in [0, 0.05) is 0 Å². The lowest BCUT2D eigenvalue weighted by Crippen LogP contribution is -2.54. The van der Waals surface area contributed by atoms with Crippen LogP contribution in [-0.2, 0) is 32.0 Å². The first kappa shape index (κ1) is 24.1. The number of amides is 1. The van der Waals surface area contributed by atoms with Gasteiger partial charge in [-0.15, -0.1) is 0 Å². The Morgan fingerprint density at radius 3 is 2.06 bits per heavy atom. The highest BCUT2D eigenvalue weighted by Gasteiger charge is 2.29. The molecule has 0 saturated carbocycles. The van der Waals surface area contributed by atoms with Crippen molar-refractivity contribution in [3.05, 3.63) is 71.8 Å². The van der Waals surface area contributed by atoms with Crippen LogP contribution in [0.5, 0.6) is 0 Å². The molecule has 0 unspecified atom stereocenters. The average molecular weight is 427 g/mol. The number of benzene rings is 2. The third kappa shape index (κ3) is 8.22. The van der Waals surface area contributed by atoms with E-state index in [1.807, 2.05) is 60.7 Å². The highest BCUT2D eigenvalue weighted by molar-refractivity contribution is 5.87. The Bertz CT molecular complexity index is 842. The van der Waals surface area contributed by atoms with Gasteiger partial charge in [0.25, 0.3) is 0 Å². The molecule has 0 fully saturated rings. The van der Waals surface area contributed by atoms with Gasteiger partial charge in [0.2, 0.25) is 5.91 Å². The van der Waals surface area contributed by atoms with Crippen molar-refractivity contribution in [2.75, 3.05) is 6.61 Å². The maximum atomic E-state index is 12.9. The summed E-state index contributed by atoms with van der Waals surface area (Å²) in [5, 5.41) is 14.8. The Balaban J connectivity index is 2.18. The number of esters is 1. The predicted molar refractivity (Wildman–Crippen MR) is 117 cm³/mol. The van der Waals surface area contributed by atoms with E-state index in [2.05, 4.69) is 10.6 Å². The van der Waals surface area contributed by atoms with Gasteiger partial charge >= 0.3 is 11.9 Å². The fourth-order valence-corrected chi connectivity index (χ4v) is 3.16. The molecule has 166 valence electrons. The van der Waals surface area contributed by atoms with Crippen molar-refractivity contribution in [1.82, 2.24) is 10.6 Å². The van der Waals surface area contributed by atoms with Crippen molar-refractivity contribution in [3.63, 3.8) is 0 Å². The number of hydrogen-bond donors (Lipinski definition) is 3. The van der Waals surface area contributed by atoms with E-state index in [4.69, 9.17) is 9.84 Å². The second kappa shape index (κ2) is 12.5. The van der Waals surface area contributed by atoms with Crippen molar-refractivity contribution in [3.8, 4) is 0 Å². The first-order chi connectivity index (χ1) is 14.9. The summed E-state index contributed by atoms with van der Waals surface area (Å²) in [6.07, 6.45) is 1.37. The smallest absolute Gasteiger partial charge is 0.325 e. The van der Waals surface area contributed by atoms with E-state index >= 15 is 0 Å². The summed E-state index contributed by atoms with van der Waals surface area (Å²) in [6.45, 7) is 3.36. The van der Waals surface area contributed by atoms with Crippen LogP contribution in [0.2, 0.25) is 0 Å². The maximum absolute atomic E-state index is 12.9. The second-order valence-electron chi connectivity index (χ2n) is 7.31. The van der Waals surface area contributed by atoms with Gasteiger partial charge in [-0.05, 0) is 44.2 Å². The van der Waals surface area contributed by atoms with Gasteiger partial charge < -0.3 is 15.2 Å². The van der Waals surface area contributed by atoms with Crippen molar-refractivity contribution in [1.29, 1.82) is 0 Å². The molecule has 0 bridgehead atoms. The summed E-state index contributed by atoms with van der Waals surface area (Å²) in [7, 11) is 0. The number of aryl methyl sites for hydroxylation is 1. The SMILES string of the molecule is CCOC(=O)[C@H](CCc1ccccc1)N[C@H](Cc1ccccc1)C(=O)N[C@@H](C)C(=O)O. The quantitative estimate of drug-likeness (QED) is 0.450. The van der Waals surface area contributed by atoms with Gasteiger partial charge in [-0.25, -0.2) is 0 Å². The Morgan fingerprint density at radius 2 is 1.52 bits per heavy atom. The van der Waals surface area contributed by atoms with E-state index in [9.17, 15) is 14.4 Å². The normalized spacial score (nSPS) is 13.6. The van der Waals surface area contributed by atoms with Crippen LogP contribution in [0.15, 0.2) is 60.7 Å². The van der Waals surface area contributed by atoms with E-state index in [1.54, 1.807) is 6.92 Å². The van der Waals surface area contributed by atoms with Crippen LogP contribution in [0.1, 0.15) is 31.4 Å². The molecule has 1 amide bonds. The highest BCUT2D eigenvalue weighted by atomic mass is 16.5. The molecule has 31 heavy (non-hydrogen) atoms. The van der Waals surface area contributed by atoms with Crippen molar-refractivity contribution < 1.29 is 24.2 Å². The number of nitrogens with one attached hydrogen (secondary N) is 2. The standard InChI is InChI=1S/C24H30N2O5/c1-3-31-24(30)20(15-14-18-10-6-4-7-11-18)26-21(16-19-12-8-5-9-13-19)22(27)25-17(2)23(28)29/h4-13,17,20-21,26H,3,14-16H2,1-2H3,(H,25,27)(H,28,29)/t17-,20-,21+/m0/s1. The van der Waals surface area contributed by atoms with E-state index in [0.29, 0.717) is 19.3 Å². The molecule has 3 N–H and O–H groups in total. The minimum absolute atomic E-state index is 0.230. The minimum Gasteiger partial charge on any atom is -0.480 e. The monoisotopic (exact) mass is 426 g/mol. The Hall–Kier alpha value is -3.19. The zero-order chi connectivity index (χ0) is 22.6. The minimum atomic E-state index is -1.13. The summed E-state index contributed by atoms with van der Waals surface area (Å²) in [5.41, 5.74) is 1.96. The largest absolute Gasteiger partial charge is 0.480 e. The summed E-state index contributed by atoms with van der Waals surface area (Å²) < 4.78 is 5.22. The first-order valence-electron chi connectivity index (χ1n) is 10.4. The predicted octanol–water partition coefficient (Wildman–Crippen LogP) is 2.34. The van der Waals surface area contributed by atoms with Crippen LogP contribution in [0.4, 0.5) is 0 Å². The highest BCUT2D eigenvalue weighted by Crippen LogP contribution is 2.10. The number of carboxylic acids is 1. The summed E-state index contributed by atoms with van der Waals surface area (Å²) in [6, 6.07) is 16.6. The lowest BCUT2D eigenvalue weighted by atomic mass is 10.0. The summed E-state index contributed by atoms with van der Waals surface area (Å²) >= 11 is 0. The molecule has 0 aliphatic carbocycles. The topological polar surface area (TPSA) is 105 Å². The van der Waals surface area contributed by atoms with Crippen LogP contribution in [0, 0.1) is 0 Å². The zero-order valence-electron chi connectivity index (χ0n) is 17.9. The molecule has 2 aromatic rings. The Kier molecular flexibility index (Phi) is 9.71. The molecule has 3 atom stereocenters. The van der Waals surface area contributed by atoms with E-state index in [1.165, 1.54) is 6.92 Å². The molecule has 7 heteroatoms. The number of rotatable bonds is 12. The summed E-state index contributed by atoms with van der Waals surface area (Å²) in [5.74, 6) is -2.04. The molecular formula is C24H30N2O5. The Labute approximate surface area is 182 Å². The number of ether oxygens (including phenoxy) is 1. The lowest BCUT2D eigenvalue weighted by molar-refractivity contribution is -0.146. The molecule has 7 nitrogen and oxygen atoms in total. The molecule has 2 rings (SSSR count). The lowest BCUT2D eigenvalue weighted by Gasteiger charge is -2.25. The fourth-order valence-electron chi connectivity index (χ4n) is 3.16. The molecule has 2 aromatic carbocycles. The van der Waals surface area contributed by atoms with Crippen molar-refractivity contribution >= 4 is 17.8 Å². The van der Waals surface area contributed by atoms with Gasteiger partial charge in [0.15, 0.2) is 0 Å². The fraction of sp³-hybridized carbons (Fsp3) is 0.375. The second-order valence-corrected chi connectivity index (χ2v) is 7.31. The molecule has 0 aromatic heterocycles. The van der Waals surface area contributed by atoms with E-state index in [0.717, 1.165) is 11.1 Å². The molecule has 0 aliphatic heterocycles. The van der Waals surface area contributed by atoms with E-state index in [-0.39, 0.29) is 6.61 Å². The molecular weight excluding hydrogens is 396 g/mol. The van der Waals surface area contributed by atoms with Crippen molar-refractivity contribution in [2.24, 2.45) is 0 Å². The third-order valence-corrected chi connectivity index (χ3v) is 4.87. The van der Waals surface area contributed by atoms with Gasteiger partial charge in [-0.3, -0.25) is 19.7 Å². The maximum Gasteiger partial charge on any atom is 0.325 e. The third-order valence-electron chi connectivity index (χ3n) is 4.87. The van der Waals surface area contributed by atoms with Gasteiger partial charge in [0.05, 0.1) is 12.6 Å². The van der Waals surface area contributed by atoms with Crippen LogP contribution in [0.3, 0.4) is 0 Å². The van der Waals surface area contributed by atoms with Crippen LogP contribution in [0.25, 0.3) is 0 Å². The molecule has 0 radical (unpaired) electrons. The first-order valence-corrected chi connectivity index (χ1v) is 10.4. The average Bonchev–Trinajstić information content (AvgIpc) is 2.77. The number of carboxylic acid groups (broad SMARTS) is 1. The molecule has 0 spiro atoms. The van der Waals surface area contributed by atoms with Gasteiger partial charge in [-0.2, -0.15) is 0 Å². The summed E-state index contributed by atoms with van der Waals surface area (Å²) in [4.78, 5) is 36.6. The number of aliphatic carboxylic acids is 1. The van der Waals surface area contributed by atoms with Crippen LogP contribution < -0.4 is 10.6 Å². The van der Waals surface area contributed by atoms with Crippen LogP contribution in [-0.4, -0.2) is 47.7 Å².